The van der Waals surface area contributed by atoms with E-state index < -0.39 is 15.9 Å². The third-order valence-electron chi connectivity index (χ3n) is 5.96. The number of rotatable bonds is 4. The lowest BCUT2D eigenvalue weighted by Crippen LogP contribution is -2.49. The molecule has 0 spiro atoms. The Kier molecular flexibility index (Phi) is 6.51. The highest BCUT2D eigenvalue weighted by Gasteiger charge is 2.37. The lowest BCUT2D eigenvalue weighted by Gasteiger charge is -2.33. The summed E-state index contributed by atoms with van der Waals surface area (Å²) in [5.74, 6) is 0.478. The van der Waals surface area contributed by atoms with Crippen molar-refractivity contribution in [2.45, 2.75) is 77.2 Å². The largest absolute Gasteiger partial charge is 0.361 e. The molecule has 3 heterocycles. The summed E-state index contributed by atoms with van der Waals surface area (Å²) in [6.45, 7) is 6.63. The summed E-state index contributed by atoms with van der Waals surface area (Å²) in [5.41, 5.74) is 0.417. The van der Waals surface area contributed by atoms with E-state index in [1.165, 1.54) is 0 Å². The summed E-state index contributed by atoms with van der Waals surface area (Å²) < 4.78 is 28.8. The van der Waals surface area contributed by atoms with Gasteiger partial charge in [-0.1, -0.05) is 38.8 Å². The smallest absolute Gasteiger partial charge is 0.226 e. The van der Waals surface area contributed by atoms with Crippen LogP contribution >= 0.6 is 0 Å². The minimum atomic E-state index is -3.02. The van der Waals surface area contributed by atoms with Crippen molar-refractivity contribution in [2.75, 3.05) is 18.1 Å². The van der Waals surface area contributed by atoms with E-state index in [1.807, 2.05) is 26.8 Å². The number of nitrogens with zero attached hydrogens (tertiary/aromatic N) is 2. The average molecular weight is 425 g/mol. The van der Waals surface area contributed by atoms with Gasteiger partial charge in [0.05, 0.1) is 29.7 Å². The van der Waals surface area contributed by atoms with Gasteiger partial charge in [-0.15, -0.1) is 0 Å². The van der Waals surface area contributed by atoms with E-state index in [1.54, 1.807) is 4.90 Å². The molecule has 7 nitrogen and oxygen atoms in total. The monoisotopic (exact) mass is 424 g/mol. The van der Waals surface area contributed by atoms with Gasteiger partial charge in [-0.05, 0) is 25.7 Å². The number of likely N-dealkylation sites (tertiary alicyclic amines) is 1. The highest BCUT2D eigenvalue weighted by molar-refractivity contribution is 7.91. The van der Waals surface area contributed by atoms with Crippen molar-refractivity contribution in [3.8, 4) is 0 Å². The van der Waals surface area contributed by atoms with Crippen molar-refractivity contribution < 1.29 is 22.5 Å². The van der Waals surface area contributed by atoms with Crippen molar-refractivity contribution in [3.05, 3.63) is 17.5 Å². The summed E-state index contributed by atoms with van der Waals surface area (Å²) in [4.78, 5) is 28.0. The molecule has 2 fully saturated rings. The van der Waals surface area contributed by atoms with Crippen LogP contribution in [0.1, 0.15) is 70.8 Å². The van der Waals surface area contributed by atoms with Gasteiger partial charge in [0, 0.05) is 23.9 Å². The van der Waals surface area contributed by atoms with Gasteiger partial charge < -0.3 is 9.42 Å². The number of amides is 1. The van der Waals surface area contributed by atoms with E-state index in [-0.39, 0.29) is 40.9 Å². The number of sulfone groups is 1. The van der Waals surface area contributed by atoms with E-state index in [0.29, 0.717) is 31.5 Å². The highest BCUT2D eigenvalue weighted by atomic mass is 32.2. The van der Waals surface area contributed by atoms with Gasteiger partial charge in [0.15, 0.2) is 5.78 Å². The molecule has 1 aromatic rings. The summed E-state index contributed by atoms with van der Waals surface area (Å²) in [6, 6.07) is 1.37. The zero-order chi connectivity index (χ0) is 21.2. The number of hydrogen-bond acceptors (Lipinski definition) is 6. The van der Waals surface area contributed by atoms with E-state index in [2.05, 4.69) is 5.16 Å². The highest BCUT2D eigenvalue weighted by Crippen LogP contribution is 2.27. The van der Waals surface area contributed by atoms with Crippen molar-refractivity contribution in [3.63, 3.8) is 0 Å². The molecule has 8 heteroatoms. The summed E-state index contributed by atoms with van der Waals surface area (Å²) in [5, 5.41) is 4.05. The minimum absolute atomic E-state index is 0.0163. The maximum absolute atomic E-state index is 13.2. The minimum Gasteiger partial charge on any atom is -0.361 e. The molecule has 0 saturated carbocycles. The number of hydrogen-bond donors (Lipinski definition) is 0. The summed E-state index contributed by atoms with van der Waals surface area (Å²) >= 11 is 0. The van der Waals surface area contributed by atoms with Gasteiger partial charge in [-0.3, -0.25) is 9.59 Å². The Morgan fingerprint density at radius 1 is 1.14 bits per heavy atom. The van der Waals surface area contributed by atoms with Crippen LogP contribution in [0.4, 0.5) is 0 Å². The Morgan fingerprint density at radius 2 is 1.83 bits per heavy atom. The van der Waals surface area contributed by atoms with Gasteiger partial charge in [0.25, 0.3) is 0 Å². The second-order valence-corrected chi connectivity index (χ2v) is 11.7. The molecular weight excluding hydrogens is 392 g/mol. The molecule has 0 bridgehead atoms. The van der Waals surface area contributed by atoms with Crippen LogP contribution in [-0.2, 0) is 31.3 Å². The third-order valence-corrected chi connectivity index (χ3v) is 7.68. The molecular formula is C21H32N2O5S. The van der Waals surface area contributed by atoms with Gasteiger partial charge in [-0.25, -0.2) is 8.42 Å². The Labute approximate surface area is 173 Å². The molecule has 0 radical (unpaired) electrons. The Balaban J connectivity index is 1.71. The number of carbonyl (C=O) groups is 2. The fourth-order valence-electron chi connectivity index (χ4n) is 4.12. The van der Waals surface area contributed by atoms with Crippen LogP contribution < -0.4 is 0 Å². The van der Waals surface area contributed by atoms with Crippen LogP contribution in [0, 0.1) is 5.92 Å². The SMILES string of the molecule is CC(C)(C)c1cc(CC(=O)[C@@H]2CCCCCN2C(=O)C2CCS(=O)(=O)CC2)no1. The average Bonchev–Trinajstić information content (AvgIpc) is 2.97. The maximum atomic E-state index is 13.2. The fraction of sp³-hybridized carbons (Fsp3) is 0.762. The zero-order valence-electron chi connectivity index (χ0n) is 17.6. The molecule has 162 valence electrons. The molecule has 0 N–H and O–H groups in total. The van der Waals surface area contributed by atoms with Crippen LogP contribution in [0.5, 0.6) is 0 Å². The number of ketones is 1. The standard InChI is InChI=1S/C21H32N2O5S/c1-21(2,3)19-14-16(22-28-19)13-18(24)17-7-5-4-6-10-23(17)20(25)15-8-11-29(26,27)12-9-15/h14-15,17H,4-13H2,1-3H3/t17-/m0/s1. The van der Waals surface area contributed by atoms with Crippen LogP contribution in [0.3, 0.4) is 0 Å². The molecule has 1 amide bonds. The second-order valence-electron chi connectivity index (χ2n) is 9.40. The van der Waals surface area contributed by atoms with Crippen LogP contribution in [0.2, 0.25) is 0 Å². The molecule has 1 atom stereocenters. The molecule has 0 unspecified atom stereocenters. The van der Waals surface area contributed by atoms with Gasteiger partial charge in [0.2, 0.25) is 5.91 Å². The first-order valence-electron chi connectivity index (χ1n) is 10.6. The van der Waals surface area contributed by atoms with Crippen LogP contribution in [0.25, 0.3) is 0 Å². The normalized spacial score (nSPS) is 23.6. The number of Topliss-reactive ketones (excluding diaryl/α,β-unsaturated/α-hetero) is 1. The second kappa shape index (κ2) is 8.58. The topological polar surface area (TPSA) is 97.6 Å². The first-order chi connectivity index (χ1) is 13.6. The Bertz CT molecular complexity index is 839. The lowest BCUT2D eigenvalue weighted by atomic mass is 9.92. The first-order valence-corrected chi connectivity index (χ1v) is 12.4. The van der Waals surface area contributed by atoms with Gasteiger partial charge >= 0.3 is 0 Å². The predicted molar refractivity (Wildman–Crippen MR) is 109 cm³/mol. The first kappa shape index (κ1) is 22.0. The van der Waals surface area contributed by atoms with Crippen LogP contribution in [-0.4, -0.2) is 54.3 Å². The van der Waals surface area contributed by atoms with E-state index in [0.717, 1.165) is 25.0 Å². The van der Waals surface area contributed by atoms with Crippen molar-refractivity contribution in [2.24, 2.45) is 5.92 Å². The number of carbonyl (C=O) groups excluding carboxylic acids is 2. The quantitative estimate of drug-likeness (QED) is 0.737. The zero-order valence-corrected chi connectivity index (χ0v) is 18.5. The van der Waals surface area contributed by atoms with E-state index in [9.17, 15) is 18.0 Å². The lowest BCUT2D eigenvalue weighted by molar-refractivity contribution is -0.143. The molecule has 3 rings (SSSR count). The van der Waals surface area contributed by atoms with Gasteiger partial charge in [0.1, 0.15) is 15.6 Å². The molecule has 2 aliphatic heterocycles. The Hall–Kier alpha value is -1.70. The van der Waals surface area contributed by atoms with Crippen LogP contribution in [0.15, 0.2) is 10.6 Å². The molecule has 1 aromatic heterocycles. The van der Waals surface area contributed by atoms with Crippen molar-refractivity contribution in [1.29, 1.82) is 0 Å². The van der Waals surface area contributed by atoms with Gasteiger partial charge in [-0.2, -0.15) is 0 Å². The van der Waals surface area contributed by atoms with Crippen molar-refractivity contribution >= 4 is 21.5 Å². The van der Waals surface area contributed by atoms with E-state index >= 15 is 0 Å². The molecule has 2 aliphatic rings. The maximum Gasteiger partial charge on any atom is 0.226 e. The fourth-order valence-corrected chi connectivity index (χ4v) is 5.61. The molecule has 0 aromatic carbocycles. The Morgan fingerprint density at radius 3 is 2.45 bits per heavy atom. The number of aromatic nitrogens is 1. The third kappa shape index (κ3) is 5.47. The predicted octanol–water partition coefficient (Wildman–Crippen LogP) is 2.68. The summed E-state index contributed by atoms with van der Waals surface area (Å²) in [7, 11) is -3.02. The molecule has 2 saturated heterocycles. The van der Waals surface area contributed by atoms with E-state index in [4.69, 9.17) is 4.52 Å². The molecule has 0 aliphatic carbocycles. The molecule has 29 heavy (non-hydrogen) atoms. The summed E-state index contributed by atoms with van der Waals surface area (Å²) in [6.07, 6.45) is 4.29. The van der Waals surface area contributed by atoms with Crippen molar-refractivity contribution in [1.82, 2.24) is 10.1 Å².